The fraction of sp³-hybridized carbons (Fsp3) is 0.769. The van der Waals surface area contributed by atoms with Gasteiger partial charge in [0.2, 0.25) is 11.8 Å². The second-order valence-corrected chi connectivity index (χ2v) is 4.85. The number of carbonyl (C=O) groups is 3. The number of nitrogens with two attached hydrogens (primary N) is 1. The Morgan fingerprint density at radius 1 is 1.00 bits per heavy atom. The smallest absolute Gasteiger partial charge is 0.321 e. The zero-order valence-corrected chi connectivity index (χ0v) is 11.3. The number of hydrogen-bond donors (Lipinski definition) is 2. The number of urea groups is 1. The van der Waals surface area contributed by atoms with Crippen LogP contribution in [-0.4, -0.2) is 35.8 Å². The Kier molecular flexibility index (Phi) is 6.92. The third-order valence-electron chi connectivity index (χ3n) is 3.24. The molecule has 0 aromatic carbocycles. The second kappa shape index (κ2) is 8.50. The van der Waals surface area contributed by atoms with E-state index in [1.54, 1.807) is 0 Å². The molecule has 1 aliphatic heterocycles. The van der Waals surface area contributed by atoms with Crippen molar-refractivity contribution in [2.24, 2.45) is 5.73 Å². The van der Waals surface area contributed by atoms with Crippen molar-refractivity contribution in [3.8, 4) is 0 Å². The lowest BCUT2D eigenvalue weighted by Crippen LogP contribution is -2.41. The molecule has 3 N–H and O–H groups in total. The first-order chi connectivity index (χ1) is 9.11. The van der Waals surface area contributed by atoms with Crippen molar-refractivity contribution in [3.63, 3.8) is 0 Å². The molecule has 0 aromatic rings. The van der Waals surface area contributed by atoms with Crippen molar-refractivity contribution in [2.45, 2.75) is 51.4 Å². The van der Waals surface area contributed by atoms with E-state index in [0.29, 0.717) is 32.4 Å². The van der Waals surface area contributed by atoms with Crippen molar-refractivity contribution < 1.29 is 14.4 Å². The summed E-state index contributed by atoms with van der Waals surface area (Å²) in [6.45, 7) is 1.02. The van der Waals surface area contributed by atoms with Gasteiger partial charge < -0.3 is 11.1 Å². The van der Waals surface area contributed by atoms with Gasteiger partial charge in [-0.05, 0) is 25.7 Å². The van der Waals surface area contributed by atoms with Gasteiger partial charge in [0.05, 0.1) is 0 Å². The highest BCUT2D eigenvalue weighted by molar-refractivity contribution is 5.93. The fourth-order valence-corrected chi connectivity index (χ4v) is 2.12. The topological polar surface area (TPSA) is 92.5 Å². The minimum absolute atomic E-state index is 0.0832. The molecule has 0 radical (unpaired) electrons. The fourth-order valence-electron chi connectivity index (χ4n) is 2.12. The van der Waals surface area contributed by atoms with Crippen LogP contribution in [0.25, 0.3) is 0 Å². The monoisotopic (exact) mass is 269 g/mol. The standard InChI is InChI=1S/C13H23N3O3/c14-13(19)16-10-6-2-3-7-11(17)15-9-5-1-4-8-12(16)18/h1-10H2,(H2,14,19)(H,15,17). The maximum atomic E-state index is 11.8. The van der Waals surface area contributed by atoms with Gasteiger partial charge in [-0.3, -0.25) is 14.5 Å². The molecule has 0 aliphatic carbocycles. The Morgan fingerprint density at radius 3 is 2.42 bits per heavy atom. The van der Waals surface area contributed by atoms with Crippen LogP contribution < -0.4 is 11.1 Å². The maximum absolute atomic E-state index is 11.8. The van der Waals surface area contributed by atoms with Crippen LogP contribution in [0, 0.1) is 0 Å². The van der Waals surface area contributed by atoms with Gasteiger partial charge >= 0.3 is 6.03 Å². The van der Waals surface area contributed by atoms with Gasteiger partial charge in [0.1, 0.15) is 0 Å². The van der Waals surface area contributed by atoms with Crippen LogP contribution >= 0.6 is 0 Å². The lowest BCUT2D eigenvalue weighted by Gasteiger charge is -2.18. The van der Waals surface area contributed by atoms with E-state index in [2.05, 4.69) is 5.32 Å². The van der Waals surface area contributed by atoms with Gasteiger partial charge in [0.25, 0.3) is 0 Å². The van der Waals surface area contributed by atoms with Gasteiger partial charge in [-0.25, -0.2) is 4.79 Å². The van der Waals surface area contributed by atoms with Crippen LogP contribution in [0.1, 0.15) is 51.4 Å². The summed E-state index contributed by atoms with van der Waals surface area (Å²) in [5.41, 5.74) is 5.22. The lowest BCUT2D eigenvalue weighted by molar-refractivity contribution is -0.128. The molecule has 0 aromatic heterocycles. The summed E-state index contributed by atoms with van der Waals surface area (Å²) in [4.78, 5) is 35.6. The van der Waals surface area contributed by atoms with Gasteiger partial charge in [0, 0.05) is 25.9 Å². The van der Waals surface area contributed by atoms with Crippen LogP contribution in [0.3, 0.4) is 0 Å². The molecule has 4 amide bonds. The van der Waals surface area contributed by atoms with E-state index in [1.807, 2.05) is 0 Å². The van der Waals surface area contributed by atoms with Crippen LogP contribution in [0.15, 0.2) is 0 Å². The molecule has 1 fully saturated rings. The zero-order valence-electron chi connectivity index (χ0n) is 11.3. The van der Waals surface area contributed by atoms with Gasteiger partial charge in [-0.15, -0.1) is 0 Å². The lowest BCUT2D eigenvalue weighted by atomic mass is 10.1. The van der Waals surface area contributed by atoms with Gasteiger partial charge in [-0.2, -0.15) is 0 Å². The normalized spacial score (nSPS) is 20.5. The number of amides is 4. The summed E-state index contributed by atoms with van der Waals surface area (Å²) < 4.78 is 0. The predicted molar refractivity (Wildman–Crippen MR) is 71.2 cm³/mol. The minimum Gasteiger partial charge on any atom is -0.356 e. The number of carbonyl (C=O) groups excluding carboxylic acids is 3. The van der Waals surface area contributed by atoms with Crippen LogP contribution in [0.5, 0.6) is 0 Å². The number of imide groups is 1. The molecule has 0 unspecified atom stereocenters. The van der Waals surface area contributed by atoms with Crippen LogP contribution in [-0.2, 0) is 9.59 Å². The van der Waals surface area contributed by atoms with E-state index in [9.17, 15) is 14.4 Å². The highest BCUT2D eigenvalue weighted by Crippen LogP contribution is 2.08. The molecule has 1 saturated heterocycles. The van der Waals surface area contributed by atoms with E-state index in [4.69, 9.17) is 5.73 Å². The molecule has 6 nitrogen and oxygen atoms in total. The quantitative estimate of drug-likeness (QED) is 0.690. The summed E-state index contributed by atoms with van der Waals surface area (Å²) in [6, 6.07) is -0.671. The predicted octanol–water partition coefficient (Wildman–Crippen LogP) is 1.14. The molecule has 108 valence electrons. The molecule has 19 heavy (non-hydrogen) atoms. The molecule has 0 atom stereocenters. The molecular formula is C13H23N3O3. The zero-order chi connectivity index (χ0) is 14.1. The first-order valence-electron chi connectivity index (χ1n) is 6.98. The molecule has 0 spiro atoms. The molecule has 6 heteroatoms. The first-order valence-corrected chi connectivity index (χ1v) is 6.98. The largest absolute Gasteiger partial charge is 0.356 e. The van der Waals surface area contributed by atoms with Crippen molar-refractivity contribution in [3.05, 3.63) is 0 Å². The SMILES string of the molecule is NC(=O)N1CCCCCC(=O)NCCCCCC1=O. The second-order valence-electron chi connectivity index (χ2n) is 4.85. The summed E-state index contributed by atoms with van der Waals surface area (Å²) in [5, 5.41) is 2.87. The molecular weight excluding hydrogens is 246 g/mol. The minimum atomic E-state index is -0.671. The van der Waals surface area contributed by atoms with Crippen LogP contribution in [0.4, 0.5) is 4.79 Å². The number of nitrogens with zero attached hydrogens (tertiary/aromatic N) is 1. The van der Waals surface area contributed by atoms with Gasteiger partial charge in [-0.1, -0.05) is 12.8 Å². The van der Waals surface area contributed by atoms with E-state index < -0.39 is 6.03 Å². The molecule has 0 bridgehead atoms. The number of nitrogens with one attached hydrogen (secondary N) is 1. The maximum Gasteiger partial charge on any atom is 0.321 e. The third kappa shape index (κ3) is 6.22. The highest BCUT2D eigenvalue weighted by atomic mass is 16.2. The van der Waals surface area contributed by atoms with Crippen molar-refractivity contribution in [1.82, 2.24) is 10.2 Å². The Labute approximate surface area is 113 Å². The molecule has 1 heterocycles. The summed E-state index contributed by atoms with van der Waals surface area (Å²) >= 11 is 0. The van der Waals surface area contributed by atoms with Crippen molar-refractivity contribution in [2.75, 3.05) is 13.1 Å². The average Bonchev–Trinajstić information content (AvgIpc) is 2.36. The van der Waals surface area contributed by atoms with E-state index in [0.717, 1.165) is 37.0 Å². The Bertz CT molecular complexity index is 331. The molecule has 1 rings (SSSR count). The summed E-state index contributed by atoms with van der Waals surface area (Å²) in [5.74, 6) is -0.103. The average molecular weight is 269 g/mol. The van der Waals surface area contributed by atoms with Gasteiger partial charge in [0.15, 0.2) is 0 Å². The first kappa shape index (κ1) is 15.5. The van der Waals surface area contributed by atoms with E-state index >= 15 is 0 Å². The number of primary amides is 1. The third-order valence-corrected chi connectivity index (χ3v) is 3.24. The molecule has 1 aliphatic rings. The van der Waals surface area contributed by atoms with E-state index in [-0.39, 0.29) is 11.8 Å². The summed E-state index contributed by atoms with van der Waals surface area (Å²) in [6.07, 6.45) is 5.56. The number of rotatable bonds is 0. The Balaban J connectivity index is 2.49. The highest BCUT2D eigenvalue weighted by Gasteiger charge is 2.17. The van der Waals surface area contributed by atoms with E-state index in [1.165, 1.54) is 0 Å². The number of hydrogen-bond acceptors (Lipinski definition) is 3. The Morgan fingerprint density at radius 2 is 1.68 bits per heavy atom. The Hall–Kier alpha value is -1.59. The van der Waals surface area contributed by atoms with Crippen molar-refractivity contribution >= 4 is 17.8 Å². The van der Waals surface area contributed by atoms with Crippen LogP contribution in [0.2, 0.25) is 0 Å². The summed E-state index contributed by atoms with van der Waals surface area (Å²) in [7, 11) is 0. The molecule has 0 saturated carbocycles. The van der Waals surface area contributed by atoms with Crippen molar-refractivity contribution in [1.29, 1.82) is 0 Å².